The molecule has 1 aromatic heterocycles. The highest BCUT2D eigenvalue weighted by atomic mass is 16.2. The lowest BCUT2D eigenvalue weighted by Crippen LogP contribution is -2.37. The van der Waals surface area contributed by atoms with Crippen LogP contribution in [0.4, 0.5) is 0 Å². The fraction of sp³-hybridized carbons (Fsp3) is 0.316. The maximum absolute atomic E-state index is 12.3. The van der Waals surface area contributed by atoms with Gasteiger partial charge in [-0.1, -0.05) is 6.08 Å². The summed E-state index contributed by atoms with van der Waals surface area (Å²) in [5.41, 5.74) is 3.12. The Morgan fingerprint density at radius 2 is 2.08 bits per heavy atom. The fourth-order valence-electron chi connectivity index (χ4n) is 3.61. The van der Waals surface area contributed by atoms with Gasteiger partial charge in [-0.2, -0.15) is 5.10 Å². The van der Waals surface area contributed by atoms with Crippen molar-refractivity contribution in [2.75, 3.05) is 0 Å². The number of carbonyl (C=O) groups excluding carboxylic acids is 2. The largest absolute Gasteiger partial charge is 0.325 e. The fourth-order valence-corrected chi connectivity index (χ4v) is 3.61. The first-order valence-electron chi connectivity index (χ1n) is 8.63. The van der Waals surface area contributed by atoms with Crippen molar-refractivity contribution in [1.29, 1.82) is 0 Å². The van der Waals surface area contributed by atoms with Crippen LogP contribution in [0.15, 0.2) is 57.0 Å². The zero-order valence-electron chi connectivity index (χ0n) is 14.4. The van der Waals surface area contributed by atoms with Crippen LogP contribution in [0, 0.1) is 5.92 Å². The van der Waals surface area contributed by atoms with Gasteiger partial charge in [0.05, 0.1) is 5.71 Å². The maximum atomic E-state index is 12.3. The van der Waals surface area contributed by atoms with Gasteiger partial charge in [0.2, 0.25) is 0 Å². The van der Waals surface area contributed by atoms with E-state index in [9.17, 15) is 14.4 Å². The Balaban J connectivity index is 1.63. The minimum Gasteiger partial charge on any atom is -0.325 e. The summed E-state index contributed by atoms with van der Waals surface area (Å²) in [5.74, 6) is -0.508. The number of amides is 2. The van der Waals surface area contributed by atoms with Gasteiger partial charge in [0.25, 0.3) is 17.4 Å². The Labute approximate surface area is 149 Å². The van der Waals surface area contributed by atoms with E-state index >= 15 is 0 Å². The molecule has 1 unspecified atom stereocenters. The first kappa shape index (κ1) is 16.4. The number of nitrogens with zero attached hydrogens (tertiary/aromatic N) is 3. The van der Waals surface area contributed by atoms with E-state index in [1.54, 1.807) is 12.2 Å². The van der Waals surface area contributed by atoms with E-state index in [0.717, 1.165) is 41.6 Å². The van der Waals surface area contributed by atoms with E-state index in [1.807, 2.05) is 6.08 Å². The highest BCUT2D eigenvalue weighted by Gasteiger charge is 2.33. The monoisotopic (exact) mass is 350 g/mol. The predicted octanol–water partition coefficient (Wildman–Crippen LogP) is 1.43. The van der Waals surface area contributed by atoms with Gasteiger partial charge >= 0.3 is 0 Å². The van der Waals surface area contributed by atoms with Crippen LogP contribution in [0.3, 0.4) is 0 Å². The number of nitrogens with one attached hydrogen (secondary N) is 1. The first-order valence-corrected chi connectivity index (χ1v) is 8.63. The number of hydrogen-bond acceptors (Lipinski definition) is 4. The van der Waals surface area contributed by atoms with Crippen LogP contribution in [-0.4, -0.2) is 27.3 Å². The number of carbonyl (C=O) groups is 2. The molecule has 4 rings (SSSR count). The van der Waals surface area contributed by atoms with E-state index in [1.165, 1.54) is 24.8 Å². The average molecular weight is 350 g/mol. The predicted molar refractivity (Wildman–Crippen MR) is 95.6 cm³/mol. The summed E-state index contributed by atoms with van der Waals surface area (Å²) < 4.78 is 1.09. The van der Waals surface area contributed by atoms with Crippen molar-refractivity contribution in [1.82, 2.24) is 15.1 Å². The van der Waals surface area contributed by atoms with Gasteiger partial charge in [-0.3, -0.25) is 14.4 Å². The van der Waals surface area contributed by atoms with Gasteiger partial charge in [-0.05, 0) is 49.5 Å². The zero-order valence-corrected chi connectivity index (χ0v) is 14.4. The summed E-state index contributed by atoms with van der Waals surface area (Å²) in [4.78, 5) is 40.1. The van der Waals surface area contributed by atoms with Gasteiger partial charge in [-0.25, -0.2) is 9.67 Å². The van der Waals surface area contributed by atoms with Crippen molar-refractivity contribution in [3.05, 3.63) is 63.3 Å². The van der Waals surface area contributed by atoms with Crippen LogP contribution in [-0.2, 0) is 11.8 Å². The zero-order chi connectivity index (χ0) is 18.3. The number of aliphatic imine (C=N–C) groups is 1. The maximum Gasteiger partial charge on any atom is 0.297 e. The Morgan fingerprint density at radius 3 is 2.88 bits per heavy atom. The Hall–Kier alpha value is -3.09. The summed E-state index contributed by atoms with van der Waals surface area (Å²) in [5, 5.41) is 6.85. The molecule has 26 heavy (non-hydrogen) atoms. The summed E-state index contributed by atoms with van der Waals surface area (Å²) in [6.07, 6.45) is 9.43. The van der Waals surface area contributed by atoms with Crippen LogP contribution >= 0.6 is 0 Å². The van der Waals surface area contributed by atoms with Crippen molar-refractivity contribution in [2.24, 2.45) is 18.0 Å². The molecule has 2 aliphatic carbocycles. The standard InChI is InChI=1S/C19H18N4O3/c1-23-17(24)9-8-15(22-23)19(26)20-11-6-7-13-12-4-2-3-5-14(12)18(25)21-16(13)10-11/h6-10,13H,2-5H2,1H3,(H,21,25). The molecular formula is C19H18N4O3. The van der Waals surface area contributed by atoms with Gasteiger partial charge in [-0.15, -0.1) is 0 Å². The van der Waals surface area contributed by atoms with Crippen LogP contribution in [0.2, 0.25) is 0 Å². The molecule has 2 heterocycles. The molecule has 0 aromatic carbocycles. The summed E-state index contributed by atoms with van der Waals surface area (Å²) in [6.45, 7) is 0. The summed E-state index contributed by atoms with van der Waals surface area (Å²) >= 11 is 0. The molecule has 0 radical (unpaired) electrons. The molecular weight excluding hydrogens is 332 g/mol. The molecule has 0 spiro atoms. The number of aryl methyl sites for hydroxylation is 1. The van der Waals surface area contributed by atoms with Gasteiger partial charge in [0.15, 0.2) is 5.69 Å². The minimum absolute atomic E-state index is 0.0390. The highest BCUT2D eigenvalue weighted by molar-refractivity contribution is 6.13. The molecule has 2 amide bonds. The van der Waals surface area contributed by atoms with E-state index in [2.05, 4.69) is 15.4 Å². The van der Waals surface area contributed by atoms with Crippen molar-refractivity contribution in [2.45, 2.75) is 25.7 Å². The topological polar surface area (TPSA) is 93.4 Å². The van der Waals surface area contributed by atoms with Gasteiger partial charge in [0, 0.05) is 30.3 Å². The number of allylic oxidation sites excluding steroid dienone is 3. The molecule has 1 atom stereocenters. The van der Waals surface area contributed by atoms with Crippen molar-refractivity contribution < 1.29 is 9.59 Å². The van der Waals surface area contributed by atoms with Crippen LogP contribution in [0.5, 0.6) is 0 Å². The van der Waals surface area contributed by atoms with Crippen molar-refractivity contribution in [3.8, 4) is 0 Å². The second-order valence-electron chi connectivity index (χ2n) is 6.62. The van der Waals surface area contributed by atoms with Crippen LogP contribution in [0.25, 0.3) is 0 Å². The Kier molecular flexibility index (Phi) is 3.99. The number of rotatable bonds is 1. The lowest BCUT2D eigenvalue weighted by atomic mass is 9.77. The van der Waals surface area contributed by atoms with Crippen molar-refractivity contribution >= 4 is 17.5 Å². The molecule has 0 fully saturated rings. The molecule has 0 bridgehead atoms. The summed E-state index contributed by atoms with van der Waals surface area (Å²) in [7, 11) is 1.48. The highest BCUT2D eigenvalue weighted by Crippen LogP contribution is 2.38. The molecule has 0 saturated carbocycles. The molecule has 1 N–H and O–H groups in total. The second kappa shape index (κ2) is 6.33. The van der Waals surface area contributed by atoms with Gasteiger partial charge < -0.3 is 5.32 Å². The Morgan fingerprint density at radius 1 is 1.27 bits per heavy atom. The molecule has 1 aromatic rings. The summed E-state index contributed by atoms with van der Waals surface area (Å²) in [6, 6.07) is 2.64. The third-order valence-electron chi connectivity index (χ3n) is 4.93. The van der Waals surface area contributed by atoms with E-state index in [-0.39, 0.29) is 23.1 Å². The lowest BCUT2D eigenvalue weighted by Gasteiger charge is -2.33. The van der Waals surface area contributed by atoms with Crippen molar-refractivity contribution in [3.63, 3.8) is 0 Å². The average Bonchev–Trinajstić information content (AvgIpc) is 2.64. The molecule has 0 saturated heterocycles. The normalized spacial score (nSPS) is 23.3. The third kappa shape index (κ3) is 2.85. The van der Waals surface area contributed by atoms with E-state index < -0.39 is 5.91 Å². The minimum atomic E-state index is -0.532. The smallest absolute Gasteiger partial charge is 0.297 e. The third-order valence-corrected chi connectivity index (χ3v) is 4.93. The molecule has 7 heteroatoms. The molecule has 132 valence electrons. The molecule has 1 aliphatic heterocycles. The quantitative estimate of drug-likeness (QED) is 0.829. The number of aromatic nitrogens is 2. The molecule has 3 aliphatic rings. The second-order valence-corrected chi connectivity index (χ2v) is 6.62. The Bertz CT molecular complexity index is 994. The molecule has 7 nitrogen and oxygen atoms in total. The van der Waals surface area contributed by atoms with Crippen LogP contribution < -0.4 is 10.9 Å². The lowest BCUT2D eigenvalue weighted by molar-refractivity contribution is -0.117. The first-order chi connectivity index (χ1) is 12.5. The number of hydrogen-bond donors (Lipinski definition) is 1. The SMILES string of the molecule is Cn1nc(C(=O)N=C2C=CC3C(=C2)NC(=O)C2=C3CCCC2)ccc1=O. The van der Waals surface area contributed by atoms with Crippen LogP contribution in [0.1, 0.15) is 36.2 Å². The number of fused-ring (bicyclic) bond motifs is 2. The van der Waals surface area contributed by atoms with E-state index in [4.69, 9.17) is 0 Å². The van der Waals surface area contributed by atoms with Gasteiger partial charge in [0.1, 0.15) is 0 Å². The van der Waals surface area contributed by atoms with E-state index in [0.29, 0.717) is 5.71 Å².